The maximum absolute atomic E-state index is 12.7. The van der Waals surface area contributed by atoms with Crippen molar-refractivity contribution in [2.45, 2.75) is 18.9 Å². The molecule has 0 N–H and O–H groups in total. The van der Waals surface area contributed by atoms with Crippen LogP contribution in [0.1, 0.15) is 12.8 Å². The first kappa shape index (κ1) is 16.1. The van der Waals surface area contributed by atoms with Crippen LogP contribution < -0.4 is 4.90 Å². The highest BCUT2D eigenvalue weighted by atomic mass is 35.5. The summed E-state index contributed by atoms with van der Waals surface area (Å²) >= 11 is 12.0. The van der Waals surface area contributed by atoms with Crippen LogP contribution in [0.4, 0.5) is 10.5 Å². The Kier molecular flexibility index (Phi) is 4.21. The minimum Gasteiger partial charge on any atom is -0.469 e. The molecule has 2 heterocycles. The Morgan fingerprint density at radius 2 is 2.04 bits per heavy atom. The van der Waals surface area contributed by atoms with Gasteiger partial charge in [-0.25, -0.2) is 9.69 Å². The molecule has 2 aliphatic rings. The van der Waals surface area contributed by atoms with Crippen LogP contribution in [-0.2, 0) is 14.3 Å². The van der Waals surface area contributed by atoms with Crippen LogP contribution in [0.3, 0.4) is 0 Å². The molecule has 6 nitrogen and oxygen atoms in total. The monoisotopic (exact) mass is 356 g/mol. The molecule has 2 aliphatic heterocycles. The lowest BCUT2D eigenvalue weighted by atomic mass is 9.91. The zero-order valence-electron chi connectivity index (χ0n) is 12.3. The fourth-order valence-corrected chi connectivity index (χ4v) is 3.56. The molecule has 0 radical (unpaired) electrons. The van der Waals surface area contributed by atoms with Crippen molar-refractivity contribution in [2.75, 3.05) is 18.6 Å². The lowest BCUT2D eigenvalue weighted by Gasteiger charge is -2.30. The first-order valence-corrected chi connectivity index (χ1v) is 7.87. The molecule has 0 saturated carbocycles. The Morgan fingerprint density at radius 1 is 1.30 bits per heavy atom. The fourth-order valence-electron chi connectivity index (χ4n) is 3.07. The number of imide groups is 1. The van der Waals surface area contributed by atoms with Gasteiger partial charge in [-0.1, -0.05) is 23.2 Å². The molecule has 23 heavy (non-hydrogen) atoms. The second-order valence-corrected chi connectivity index (χ2v) is 6.35. The number of halogens is 2. The molecule has 1 aromatic rings. The number of hydrogen-bond acceptors (Lipinski definition) is 4. The molecule has 0 spiro atoms. The quantitative estimate of drug-likeness (QED) is 0.603. The van der Waals surface area contributed by atoms with E-state index in [1.54, 1.807) is 6.07 Å². The first-order valence-electron chi connectivity index (χ1n) is 7.11. The number of methoxy groups -OCH3 is 1. The number of urea groups is 1. The smallest absolute Gasteiger partial charge is 0.332 e. The van der Waals surface area contributed by atoms with Crippen molar-refractivity contribution in [1.29, 1.82) is 0 Å². The van der Waals surface area contributed by atoms with Crippen molar-refractivity contribution in [1.82, 2.24) is 4.90 Å². The zero-order valence-corrected chi connectivity index (χ0v) is 13.8. The van der Waals surface area contributed by atoms with Crippen molar-refractivity contribution >= 4 is 46.8 Å². The Bertz CT molecular complexity index is 694. The number of fused-ring (bicyclic) bond motifs is 1. The van der Waals surface area contributed by atoms with Gasteiger partial charge in [0.25, 0.3) is 5.91 Å². The summed E-state index contributed by atoms with van der Waals surface area (Å²) < 4.78 is 4.74. The minimum absolute atomic E-state index is 0.226. The molecule has 2 fully saturated rings. The van der Waals surface area contributed by atoms with Crippen LogP contribution in [0.5, 0.6) is 0 Å². The van der Waals surface area contributed by atoms with Gasteiger partial charge in [-0.3, -0.25) is 9.59 Å². The van der Waals surface area contributed by atoms with Crippen molar-refractivity contribution in [3.05, 3.63) is 28.2 Å². The first-order chi connectivity index (χ1) is 10.9. The SMILES string of the molecule is COC(=O)C1CCN2C(=O)N(c3ccc(Cl)cc3Cl)C(=O)C2C1. The van der Waals surface area contributed by atoms with E-state index in [-0.39, 0.29) is 29.2 Å². The summed E-state index contributed by atoms with van der Waals surface area (Å²) in [5.41, 5.74) is 0.301. The average molecular weight is 357 g/mol. The van der Waals surface area contributed by atoms with Gasteiger partial charge < -0.3 is 9.64 Å². The van der Waals surface area contributed by atoms with Crippen LogP contribution >= 0.6 is 23.2 Å². The summed E-state index contributed by atoms with van der Waals surface area (Å²) in [6.07, 6.45) is 0.739. The molecule has 3 rings (SSSR count). The van der Waals surface area contributed by atoms with Crippen LogP contribution in [0.2, 0.25) is 10.0 Å². The van der Waals surface area contributed by atoms with Gasteiger partial charge in [0.1, 0.15) is 6.04 Å². The number of amides is 3. The number of carbonyl (C=O) groups is 3. The van der Waals surface area contributed by atoms with E-state index < -0.39 is 12.1 Å². The lowest BCUT2D eigenvalue weighted by molar-refractivity contribution is -0.147. The minimum atomic E-state index is -0.660. The Labute approximate surface area is 142 Å². The van der Waals surface area contributed by atoms with E-state index in [0.29, 0.717) is 23.7 Å². The van der Waals surface area contributed by atoms with Gasteiger partial charge in [-0.2, -0.15) is 0 Å². The summed E-state index contributed by atoms with van der Waals surface area (Å²) in [5, 5.41) is 0.643. The molecule has 0 aliphatic carbocycles. The summed E-state index contributed by atoms with van der Waals surface area (Å²) in [6.45, 7) is 0.330. The molecule has 0 aromatic heterocycles. The van der Waals surface area contributed by atoms with Gasteiger partial charge in [0, 0.05) is 11.6 Å². The lowest BCUT2D eigenvalue weighted by Crippen LogP contribution is -2.44. The third kappa shape index (κ3) is 2.66. The molecule has 1 aromatic carbocycles. The summed E-state index contributed by atoms with van der Waals surface area (Å²) in [6, 6.07) is 3.50. The van der Waals surface area contributed by atoms with Crippen LogP contribution in [-0.4, -0.2) is 42.5 Å². The van der Waals surface area contributed by atoms with Gasteiger partial charge in [-0.15, -0.1) is 0 Å². The molecule has 2 saturated heterocycles. The normalized spacial score (nSPS) is 24.0. The summed E-state index contributed by atoms with van der Waals surface area (Å²) in [5.74, 6) is -1.11. The number of rotatable bonds is 2. The molecule has 122 valence electrons. The number of anilines is 1. The van der Waals surface area contributed by atoms with Crippen molar-refractivity contribution in [3.8, 4) is 0 Å². The number of carbonyl (C=O) groups excluding carboxylic acids is 3. The zero-order chi connectivity index (χ0) is 16.7. The Morgan fingerprint density at radius 3 is 2.70 bits per heavy atom. The van der Waals surface area contributed by atoms with Crippen molar-refractivity contribution in [3.63, 3.8) is 0 Å². The Hall–Kier alpha value is -1.79. The van der Waals surface area contributed by atoms with E-state index in [2.05, 4.69) is 0 Å². The topological polar surface area (TPSA) is 66.9 Å². The van der Waals surface area contributed by atoms with Crippen molar-refractivity contribution in [2.24, 2.45) is 5.92 Å². The van der Waals surface area contributed by atoms with Gasteiger partial charge in [0.05, 0.1) is 23.7 Å². The van der Waals surface area contributed by atoms with Gasteiger partial charge in [0.15, 0.2) is 0 Å². The van der Waals surface area contributed by atoms with Crippen molar-refractivity contribution < 1.29 is 19.1 Å². The second kappa shape index (κ2) is 6.02. The number of esters is 1. The number of ether oxygens (including phenoxy) is 1. The van der Waals surface area contributed by atoms with E-state index in [4.69, 9.17) is 27.9 Å². The van der Waals surface area contributed by atoms with E-state index >= 15 is 0 Å². The van der Waals surface area contributed by atoms with Crippen LogP contribution in [0.25, 0.3) is 0 Å². The standard InChI is InChI=1S/C15H14Cl2N2O4/c1-23-14(21)8-4-5-18-12(6-8)13(20)19(15(18)22)11-3-2-9(16)7-10(11)17/h2-3,7-8,12H,4-6H2,1H3. The largest absolute Gasteiger partial charge is 0.469 e. The number of piperidine rings is 1. The number of benzene rings is 1. The third-order valence-corrected chi connectivity index (χ3v) is 4.77. The Balaban J connectivity index is 1.90. The summed E-state index contributed by atoms with van der Waals surface area (Å²) in [7, 11) is 1.32. The average Bonchev–Trinajstić information content (AvgIpc) is 2.78. The number of nitrogens with zero attached hydrogens (tertiary/aromatic N) is 2. The second-order valence-electron chi connectivity index (χ2n) is 5.51. The third-order valence-electron chi connectivity index (χ3n) is 4.23. The van der Waals surface area contributed by atoms with Crippen LogP contribution in [0.15, 0.2) is 18.2 Å². The molecular weight excluding hydrogens is 343 g/mol. The van der Waals surface area contributed by atoms with Crippen LogP contribution in [0, 0.1) is 5.92 Å². The predicted molar refractivity (Wildman–Crippen MR) is 84.6 cm³/mol. The highest BCUT2D eigenvalue weighted by Gasteiger charge is 2.50. The summed E-state index contributed by atoms with van der Waals surface area (Å²) in [4.78, 5) is 39.5. The van der Waals surface area contributed by atoms with E-state index in [0.717, 1.165) is 4.90 Å². The van der Waals surface area contributed by atoms with E-state index in [9.17, 15) is 14.4 Å². The molecule has 2 unspecified atom stereocenters. The highest BCUT2D eigenvalue weighted by Crippen LogP contribution is 2.37. The van der Waals surface area contributed by atoms with E-state index in [1.165, 1.54) is 24.1 Å². The van der Waals surface area contributed by atoms with Gasteiger partial charge in [0.2, 0.25) is 0 Å². The highest BCUT2D eigenvalue weighted by molar-refractivity contribution is 6.38. The van der Waals surface area contributed by atoms with Gasteiger partial charge >= 0.3 is 12.0 Å². The predicted octanol–water partition coefficient (Wildman–Crippen LogP) is 2.71. The number of hydrogen-bond donors (Lipinski definition) is 0. The molecule has 0 bridgehead atoms. The molecular formula is C15H14Cl2N2O4. The van der Waals surface area contributed by atoms with Gasteiger partial charge in [-0.05, 0) is 31.0 Å². The molecule has 2 atom stereocenters. The fraction of sp³-hybridized carbons (Fsp3) is 0.400. The molecule has 3 amide bonds. The van der Waals surface area contributed by atoms with E-state index in [1.807, 2.05) is 0 Å². The maximum Gasteiger partial charge on any atom is 0.332 e. The molecule has 8 heteroatoms. The maximum atomic E-state index is 12.7.